The first kappa shape index (κ1) is 24.1. The molecule has 0 aliphatic carbocycles. The molecule has 0 spiro atoms. The third-order valence-corrected chi connectivity index (χ3v) is 6.93. The third-order valence-electron chi connectivity index (χ3n) is 6.46. The molecule has 0 bridgehead atoms. The number of phenolic OH excluding ortho intramolecular Hbond substituents is 1. The second-order valence-corrected chi connectivity index (χ2v) is 9.68. The fourth-order valence-electron chi connectivity index (χ4n) is 4.62. The first-order valence-electron chi connectivity index (χ1n) is 11.7. The highest BCUT2D eigenvalue weighted by Gasteiger charge is 2.30. The first-order chi connectivity index (χ1) is 17.4. The summed E-state index contributed by atoms with van der Waals surface area (Å²) in [6.07, 6.45) is 1.19. The number of anilines is 1. The minimum atomic E-state index is -0.586. The Morgan fingerprint density at radius 3 is 2.36 bits per heavy atom. The summed E-state index contributed by atoms with van der Waals surface area (Å²) in [4.78, 5) is 20.2. The van der Waals surface area contributed by atoms with Crippen molar-refractivity contribution in [2.45, 2.75) is 18.9 Å². The number of carbonyl (C=O) groups is 1. The molecule has 4 nitrogen and oxygen atoms in total. The number of carbonyl (C=O) groups excluding carboxylic acids is 1. The number of halogens is 2. The van der Waals surface area contributed by atoms with Gasteiger partial charge in [-0.3, -0.25) is 9.79 Å². The molecule has 4 aromatic rings. The maximum Gasteiger partial charge on any atom is 0.251 e. The van der Waals surface area contributed by atoms with Crippen LogP contribution in [0.2, 0.25) is 10.0 Å². The number of rotatable bonds is 5. The number of nitrogens with zero attached hydrogens (tertiary/aromatic N) is 2. The molecular formula is C30H24Cl2N2O2. The van der Waals surface area contributed by atoms with E-state index in [-0.39, 0.29) is 11.7 Å². The molecule has 1 atom stereocenters. The lowest BCUT2D eigenvalue weighted by Gasteiger charge is -2.21. The summed E-state index contributed by atoms with van der Waals surface area (Å²) < 4.78 is 0. The third kappa shape index (κ3) is 4.88. The molecule has 0 fully saturated rings. The molecule has 1 heterocycles. The van der Waals surface area contributed by atoms with Gasteiger partial charge in [0.15, 0.2) is 0 Å². The number of hydrogen-bond donors (Lipinski definition) is 1. The Kier molecular flexibility index (Phi) is 6.82. The standard InChI is InChI=1S/C30H24Cl2N2O2/c1-34-28-16-12-23(32)18-26(28)29(20-9-13-24(35)14-10-20)33-27(30(34)36)15-11-19-5-2-3-8-25(19)21-6-4-7-22(31)17-21/h2-10,12-14,16-18,27,35H,11,15H2,1H3. The average Bonchev–Trinajstić information content (AvgIpc) is 2.98. The van der Waals surface area contributed by atoms with Gasteiger partial charge >= 0.3 is 0 Å². The van der Waals surface area contributed by atoms with Crippen LogP contribution >= 0.6 is 23.2 Å². The topological polar surface area (TPSA) is 52.9 Å². The van der Waals surface area contributed by atoms with Crippen molar-refractivity contribution in [3.8, 4) is 16.9 Å². The lowest BCUT2D eigenvalue weighted by atomic mass is 9.95. The Balaban J connectivity index is 1.53. The number of aromatic hydroxyl groups is 1. The molecule has 6 heteroatoms. The van der Waals surface area contributed by atoms with Crippen molar-refractivity contribution in [1.82, 2.24) is 0 Å². The first-order valence-corrected chi connectivity index (χ1v) is 12.4. The van der Waals surface area contributed by atoms with Gasteiger partial charge in [0, 0.05) is 28.2 Å². The fraction of sp³-hybridized carbons (Fsp3) is 0.133. The predicted octanol–water partition coefficient (Wildman–Crippen LogP) is 7.18. The number of amides is 1. The van der Waals surface area contributed by atoms with Crippen LogP contribution in [0.3, 0.4) is 0 Å². The van der Waals surface area contributed by atoms with Gasteiger partial charge in [0.2, 0.25) is 0 Å². The van der Waals surface area contributed by atoms with Gasteiger partial charge in [0.1, 0.15) is 11.8 Å². The molecule has 5 rings (SSSR count). The van der Waals surface area contributed by atoms with E-state index < -0.39 is 6.04 Å². The minimum absolute atomic E-state index is 0.0763. The van der Waals surface area contributed by atoms with Crippen molar-refractivity contribution < 1.29 is 9.90 Å². The summed E-state index contributed by atoms with van der Waals surface area (Å²) in [5, 5.41) is 11.0. The van der Waals surface area contributed by atoms with E-state index in [1.807, 2.05) is 48.5 Å². The van der Waals surface area contributed by atoms with Gasteiger partial charge < -0.3 is 10.0 Å². The van der Waals surface area contributed by atoms with E-state index in [0.717, 1.165) is 33.5 Å². The molecular weight excluding hydrogens is 491 g/mol. The van der Waals surface area contributed by atoms with E-state index >= 15 is 0 Å². The number of phenols is 1. The Hall–Kier alpha value is -3.60. The Morgan fingerprint density at radius 2 is 1.58 bits per heavy atom. The van der Waals surface area contributed by atoms with Crippen molar-refractivity contribution in [3.63, 3.8) is 0 Å². The highest BCUT2D eigenvalue weighted by Crippen LogP contribution is 2.32. The second kappa shape index (κ2) is 10.2. The fourth-order valence-corrected chi connectivity index (χ4v) is 4.98. The summed E-state index contributed by atoms with van der Waals surface area (Å²) >= 11 is 12.6. The molecule has 1 aliphatic rings. The SMILES string of the molecule is CN1C(=O)C(CCc2ccccc2-c2cccc(Cl)c2)N=C(c2ccc(O)cc2)c2cc(Cl)ccc21. The second-order valence-electron chi connectivity index (χ2n) is 8.81. The average molecular weight is 515 g/mol. The maximum atomic E-state index is 13.6. The number of benzene rings is 4. The summed E-state index contributed by atoms with van der Waals surface area (Å²) in [5.74, 6) is 0.0919. The predicted molar refractivity (Wildman–Crippen MR) is 148 cm³/mol. The van der Waals surface area contributed by atoms with E-state index in [4.69, 9.17) is 28.2 Å². The van der Waals surface area contributed by atoms with Crippen LogP contribution < -0.4 is 4.90 Å². The van der Waals surface area contributed by atoms with Gasteiger partial charge in [-0.15, -0.1) is 0 Å². The van der Waals surface area contributed by atoms with Crippen LogP contribution in [0, 0.1) is 0 Å². The number of fused-ring (bicyclic) bond motifs is 1. The van der Waals surface area contributed by atoms with Crippen LogP contribution in [-0.2, 0) is 11.2 Å². The molecule has 1 unspecified atom stereocenters. The number of hydrogen-bond acceptors (Lipinski definition) is 3. The molecule has 0 saturated carbocycles. The lowest BCUT2D eigenvalue weighted by Crippen LogP contribution is -2.35. The largest absolute Gasteiger partial charge is 0.508 e. The molecule has 1 amide bonds. The van der Waals surface area contributed by atoms with Crippen LogP contribution in [0.25, 0.3) is 11.1 Å². The number of aliphatic imine (C=N–C) groups is 1. The van der Waals surface area contributed by atoms with Crippen molar-refractivity contribution in [2.24, 2.45) is 4.99 Å². The van der Waals surface area contributed by atoms with Crippen molar-refractivity contribution >= 4 is 40.5 Å². The van der Waals surface area contributed by atoms with Gasteiger partial charge in [-0.05, 0) is 84.1 Å². The molecule has 36 heavy (non-hydrogen) atoms. The van der Waals surface area contributed by atoms with Crippen LogP contribution in [0.5, 0.6) is 5.75 Å². The zero-order valence-electron chi connectivity index (χ0n) is 19.7. The Bertz CT molecular complexity index is 1460. The lowest BCUT2D eigenvalue weighted by molar-refractivity contribution is -0.119. The van der Waals surface area contributed by atoms with Crippen molar-refractivity contribution in [1.29, 1.82) is 0 Å². The van der Waals surface area contributed by atoms with E-state index in [1.165, 1.54) is 0 Å². The molecule has 1 N–H and O–H groups in total. The van der Waals surface area contributed by atoms with Crippen molar-refractivity contribution in [2.75, 3.05) is 11.9 Å². The maximum absolute atomic E-state index is 13.6. The Morgan fingerprint density at radius 1 is 0.833 bits per heavy atom. The van der Waals surface area contributed by atoms with Gasteiger partial charge in [-0.2, -0.15) is 0 Å². The van der Waals surface area contributed by atoms with Gasteiger partial charge in [-0.25, -0.2) is 0 Å². The number of benzodiazepines with no additional fused rings is 1. The molecule has 1 aliphatic heterocycles. The van der Waals surface area contributed by atoms with E-state index in [1.54, 1.807) is 42.3 Å². The van der Waals surface area contributed by atoms with Crippen LogP contribution in [0.15, 0.2) is 96.0 Å². The van der Waals surface area contributed by atoms with Crippen LogP contribution in [0.1, 0.15) is 23.1 Å². The van der Waals surface area contributed by atoms with Crippen LogP contribution in [0.4, 0.5) is 5.69 Å². The zero-order chi connectivity index (χ0) is 25.2. The summed E-state index contributed by atoms with van der Waals surface area (Å²) in [5.41, 5.74) is 6.28. The van der Waals surface area contributed by atoms with Gasteiger partial charge in [0.25, 0.3) is 5.91 Å². The number of aryl methyl sites for hydroxylation is 1. The van der Waals surface area contributed by atoms with E-state index in [2.05, 4.69) is 12.1 Å². The molecule has 180 valence electrons. The Labute approximate surface area is 220 Å². The van der Waals surface area contributed by atoms with E-state index in [9.17, 15) is 9.90 Å². The minimum Gasteiger partial charge on any atom is -0.508 e. The van der Waals surface area contributed by atoms with Gasteiger partial charge in [0.05, 0.1) is 11.4 Å². The van der Waals surface area contributed by atoms with Crippen LogP contribution in [-0.4, -0.2) is 29.8 Å². The number of likely N-dealkylation sites (N-methyl/N-ethyl adjacent to an activating group) is 1. The molecule has 4 aromatic carbocycles. The molecule has 0 aromatic heterocycles. The highest BCUT2D eigenvalue weighted by atomic mass is 35.5. The normalized spacial score (nSPS) is 15.3. The highest BCUT2D eigenvalue weighted by molar-refractivity contribution is 6.32. The summed E-state index contributed by atoms with van der Waals surface area (Å²) in [6.45, 7) is 0. The quantitative estimate of drug-likeness (QED) is 0.306. The van der Waals surface area contributed by atoms with Crippen molar-refractivity contribution in [3.05, 3.63) is 118 Å². The smallest absolute Gasteiger partial charge is 0.251 e. The van der Waals surface area contributed by atoms with Gasteiger partial charge in [-0.1, -0.05) is 59.6 Å². The zero-order valence-corrected chi connectivity index (χ0v) is 21.2. The molecule has 0 radical (unpaired) electrons. The summed E-state index contributed by atoms with van der Waals surface area (Å²) in [6, 6.07) is 27.7. The molecule has 0 saturated heterocycles. The van der Waals surface area contributed by atoms with E-state index in [0.29, 0.717) is 28.6 Å². The monoisotopic (exact) mass is 514 g/mol. The summed E-state index contributed by atoms with van der Waals surface area (Å²) in [7, 11) is 1.78.